The summed E-state index contributed by atoms with van der Waals surface area (Å²) >= 11 is 6.93. The highest BCUT2D eigenvalue weighted by Gasteiger charge is 2.10. The lowest BCUT2D eigenvalue weighted by Gasteiger charge is -2.18. The largest absolute Gasteiger partial charge is 0.361 e. The van der Waals surface area contributed by atoms with Gasteiger partial charge in [0.05, 0.1) is 18.0 Å². The summed E-state index contributed by atoms with van der Waals surface area (Å²) in [6.07, 6.45) is 2.05. The predicted octanol–water partition coefficient (Wildman–Crippen LogP) is 3.00. The van der Waals surface area contributed by atoms with Gasteiger partial charge in [-0.1, -0.05) is 43.5 Å². The van der Waals surface area contributed by atoms with Crippen LogP contribution in [0, 0.1) is 11.3 Å². The van der Waals surface area contributed by atoms with E-state index in [2.05, 4.69) is 36.0 Å². The Kier molecular flexibility index (Phi) is 7.94. The molecule has 0 aliphatic carbocycles. The lowest BCUT2D eigenvalue weighted by molar-refractivity contribution is 0.222. The first-order chi connectivity index (χ1) is 10.9. The van der Waals surface area contributed by atoms with Gasteiger partial charge in [0.15, 0.2) is 0 Å². The SMILES string of the molecule is N#CCCN(Cc1cnc2ccccc2c1)C(=O)S.NC(=O)S. The monoisotopic (exact) mass is 348 g/mol. The molecule has 6 nitrogen and oxygen atoms in total. The van der Waals surface area contributed by atoms with E-state index in [9.17, 15) is 4.79 Å². The molecule has 2 aromatic rings. The van der Waals surface area contributed by atoms with Crippen LogP contribution < -0.4 is 5.73 Å². The van der Waals surface area contributed by atoms with E-state index in [1.165, 1.54) is 4.90 Å². The van der Waals surface area contributed by atoms with Gasteiger partial charge in [0.25, 0.3) is 10.5 Å². The van der Waals surface area contributed by atoms with E-state index in [1.807, 2.05) is 36.4 Å². The van der Waals surface area contributed by atoms with E-state index in [1.54, 1.807) is 6.20 Å². The molecule has 2 amide bonds. The Bertz CT molecular complexity index is 727. The van der Waals surface area contributed by atoms with Crippen LogP contribution in [0.1, 0.15) is 12.0 Å². The first kappa shape index (κ1) is 18.8. The number of pyridine rings is 1. The van der Waals surface area contributed by atoms with Crippen molar-refractivity contribution in [2.45, 2.75) is 13.0 Å². The summed E-state index contributed by atoms with van der Waals surface area (Å²) in [4.78, 5) is 26.3. The Morgan fingerprint density at radius 2 is 1.96 bits per heavy atom. The van der Waals surface area contributed by atoms with Crippen molar-refractivity contribution < 1.29 is 9.59 Å². The van der Waals surface area contributed by atoms with E-state index in [0.29, 0.717) is 19.5 Å². The van der Waals surface area contributed by atoms with Crippen LogP contribution in [0.5, 0.6) is 0 Å². The Hall–Kier alpha value is -2.24. The Morgan fingerprint density at radius 1 is 1.30 bits per heavy atom. The van der Waals surface area contributed by atoms with Crippen molar-refractivity contribution in [1.29, 1.82) is 5.26 Å². The predicted molar refractivity (Wildman–Crippen MR) is 95.3 cm³/mol. The zero-order chi connectivity index (χ0) is 17.2. The van der Waals surface area contributed by atoms with Gasteiger partial charge in [-0.15, -0.1) is 0 Å². The minimum Gasteiger partial charge on any atom is -0.361 e. The molecule has 23 heavy (non-hydrogen) atoms. The van der Waals surface area contributed by atoms with Crippen molar-refractivity contribution in [3.05, 3.63) is 42.1 Å². The highest BCUT2D eigenvalue weighted by atomic mass is 32.1. The number of aromatic nitrogens is 1. The number of carbonyl (C=O) groups excluding carboxylic acids is 2. The molecule has 1 heterocycles. The Labute approximate surface area is 145 Å². The number of para-hydroxylation sites is 1. The van der Waals surface area contributed by atoms with Crippen LogP contribution in [-0.2, 0) is 6.54 Å². The third-order valence-electron chi connectivity index (χ3n) is 2.78. The minimum atomic E-state index is -0.639. The molecule has 0 spiro atoms. The van der Waals surface area contributed by atoms with Gasteiger partial charge in [0.1, 0.15) is 0 Å². The van der Waals surface area contributed by atoms with Crippen LogP contribution in [0.2, 0.25) is 0 Å². The fourth-order valence-corrected chi connectivity index (χ4v) is 2.02. The fraction of sp³-hybridized carbons (Fsp3) is 0.200. The van der Waals surface area contributed by atoms with Crippen LogP contribution in [0.3, 0.4) is 0 Å². The molecule has 0 unspecified atom stereocenters. The number of hydrogen-bond acceptors (Lipinski definition) is 4. The number of primary amides is 1. The average molecular weight is 348 g/mol. The second-order valence-corrected chi connectivity index (χ2v) is 5.31. The molecule has 2 N–H and O–H groups in total. The van der Waals surface area contributed by atoms with E-state index in [-0.39, 0.29) is 5.24 Å². The van der Waals surface area contributed by atoms with Gasteiger partial charge in [-0.2, -0.15) is 5.26 Å². The molecule has 0 aliphatic rings. The summed E-state index contributed by atoms with van der Waals surface area (Å²) in [7, 11) is 0. The van der Waals surface area contributed by atoms with Crippen LogP contribution >= 0.6 is 25.3 Å². The molecule has 8 heteroatoms. The van der Waals surface area contributed by atoms with Gasteiger partial charge in [-0.3, -0.25) is 14.6 Å². The van der Waals surface area contributed by atoms with E-state index in [0.717, 1.165) is 16.5 Å². The molecule has 0 bridgehead atoms. The highest BCUT2D eigenvalue weighted by Crippen LogP contribution is 2.15. The fourth-order valence-electron chi connectivity index (χ4n) is 1.85. The zero-order valence-corrected chi connectivity index (χ0v) is 14.0. The highest BCUT2D eigenvalue weighted by molar-refractivity contribution is 7.96. The molecule has 0 radical (unpaired) electrons. The lowest BCUT2D eigenvalue weighted by atomic mass is 10.1. The maximum absolute atomic E-state index is 11.4. The van der Waals surface area contributed by atoms with Crippen molar-refractivity contribution >= 4 is 46.6 Å². The summed E-state index contributed by atoms with van der Waals surface area (Å²) in [5.41, 5.74) is 6.19. The number of benzene rings is 1. The minimum absolute atomic E-state index is 0.299. The molecule has 0 saturated carbocycles. The molecule has 0 atom stereocenters. The Balaban J connectivity index is 0.000000593. The summed E-state index contributed by atoms with van der Waals surface area (Å²) in [5, 5.41) is 8.64. The first-order valence-corrected chi connectivity index (χ1v) is 7.50. The molecule has 120 valence electrons. The van der Waals surface area contributed by atoms with Crippen molar-refractivity contribution in [3.8, 4) is 6.07 Å². The Morgan fingerprint density at radius 3 is 2.57 bits per heavy atom. The number of carbonyl (C=O) groups is 2. The van der Waals surface area contributed by atoms with Crippen LogP contribution in [-0.4, -0.2) is 26.9 Å². The smallest absolute Gasteiger partial charge is 0.278 e. The number of fused-ring (bicyclic) bond motifs is 1. The summed E-state index contributed by atoms with van der Waals surface area (Å²) in [6.45, 7) is 0.799. The third kappa shape index (κ3) is 7.04. The molecule has 0 aliphatic heterocycles. The van der Waals surface area contributed by atoms with Gasteiger partial charge in [0.2, 0.25) is 0 Å². The number of thiol groups is 2. The molecule has 1 aromatic carbocycles. The molecule has 0 fully saturated rings. The van der Waals surface area contributed by atoms with Gasteiger partial charge >= 0.3 is 0 Å². The van der Waals surface area contributed by atoms with E-state index < -0.39 is 5.24 Å². The quantitative estimate of drug-likeness (QED) is 0.739. The van der Waals surface area contributed by atoms with Gasteiger partial charge < -0.3 is 10.6 Å². The van der Waals surface area contributed by atoms with Crippen LogP contribution in [0.15, 0.2) is 36.5 Å². The molecule has 1 aromatic heterocycles. The second-order valence-electron chi connectivity index (χ2n) is 4.49. The topological polar surface area (TPSA) is 100 Å². The van der Waals surface area contributed by atoms with Crippen molar-refractivity contribution in [2.24, 2.45) is 5.73 Å². The van der Waals surface area contributed by atoms with E-state index in [4.69, 9.17) is 10.1 Å². The molecular weight excluding hydrogens is 332 g/mol. The first-order valence-electron chi connectivity index (χ1n) is 6.61. The van der Waals surface area contributed by atoms with Gasteiger partial charge in [-0.25, -0.2) is 0 Å². The second kappa shape index (κ2) is 9.71. The summed E-state index contributed by atoms with van der Waals surface area (Å²) < 4.78 is 0. The lowest BCUT2D eigenvalue weighted by Crippen LogP contribution is -2.26. The van der Waals surface area contributed by atoms with Gasteiger partial charge in [0, 0.05) is 24.7 Å². The third-order valence-corrected chi connectivity index (χ3v) is 3.07. The standard InChI is InChI=1S/C14H13N3OS.CH3NOS/c15-6-3-7-17(14(18)19)10-11-8-12-4-1-2-5-13(12)16-9-11;2-1(3)4/h1-2,4-5,8-9H,3,7,10H2,(H,18,19);(H3,2,3,4). The van der Waals surface area contributed by atoms with E-state index >= 15 is 0 Å². The summed E-state index contributed by atoms with van der Waals surface area (Å²) in [6, 6.07) is 11.8. The number of rotatable bonds is 4. The number of hydrogen-bond donors (Lipinski definition) is 3. The summed E-state index contributed by atoms with van der Waals surface area (Å²) in [5.74, 6) is 0. The maximum Gasteiger partial charge on any atom is 0.278 e. The maximum atomic E-state index is 11.4. The number of amides is 2. The zero-order valence-electron chi connectivity index (χ0n) is 12.2. The van der Waals surface area contributed by atoms with Crippen molar-refractivity contribution in [3.63, 3.8) is 0 Å². The number of nitrogens with zero attached hydrogens (tertiary/aromatic N) is 3. The molecule has 2 rings (SSSR count). The van der Waals surface area contributed by atoms with Crippen molar-refractivity contribution in [2.75, 3.05) is 6.54 Å². The molecule has 0 saturated heterocycles. The average Bonchev–Trinajstić information content (AvgIpc) is 2.50. The molecular formula is C15H16N4O2S2. The van der Waals surface area contributed by atoms with Crippen LogP contribution in [0.4, 0.5) is 9.59 Å². The number of nitrogens with two attached hydrogens (primary N) is 1. The number of nitriles is 1. The van der Waals surface area contributed by atoms with Gasteiger partial charge in [-0.05, 0) is 17.7 Å². The van der Waals surface area contributed by atoms with Crippen LogP contribution in [0.25, 0.3) is 10.9 Å². The van der Waals surface area contributed by atoms with Crippen molar-refractivity contribution in [1.82, 2.24) is 9.88 Å². The normalized spacial score (nSPS) is 9.43.